The lowest BCUT2D eigenvalue weighted by molar-refractivity contribution is 0.571. The van der Waals surface area contributed by atoms with E-state index in [4.69, 9.17) is 11.6 Å². The fraction of sp³-hybridized carbons (Fsp3) is 0.0909. The van der Waals surface area contributed by atoms with Crippen LogP contribution in [0.25, 0.3) is 22.2 Å². The first-order valence-electron chi connectivity index (χ1n) is 9.61. The van der Waals surface area contributed by atoms with Gasteiger partial charge in [0.1, 0.15) is 10.7 Å². The van der Waals surface area contributed by atoms with E-state index in [0.29, 0.717) is 10.6 Å². The van der Waals surface area contributed by atoms with Gasteiger partial charge in [0, 0.05) is 31.4 Å². The van der Waals surface area contributed by atoms with E-state index in [2.05, 4.69) is 14.7 Å². The largest absolute Gasteiger partial charge is 0.378 e. The molecule has 11 heteroatoms. The van der Waals surface area contributed by atoms with Crippen molar-refractivity contribution in [1.29, 1.82) is 0 Å². The van der Waals surface area contributed by atoms with Gasteiger partial charge >= 0.3 is 11.1 Å². The van der Waals surface area contributed by atoms with Crippen LogP contribution in [-0.4, -0.2) is 32.5 Å². The van der Waals surface area contributed by atoms with Crippen LogP contribution in [0.3, 0.4) is 0 Å². The van der Waals surface area contributed by atoms with Crippen molar-refractivity contribution in [1.82, 2.24) is 9.97 Å². The van der Waals surface area contributed by atoms with Gasteiger partial charge in [-0.1, -0.05) is 29.8 Å². The Balaban J connectivity index is 1.69. The maximum Gasteiger partial charge on any atom is 0.314 e. The van der Waals surface area contributed by atoms with Crippen molar-refractivity contribution >= 4 is 44.0 Å². The van der Waals surface area contributed by atoms with Gasteiger partial charge in [-0.3, -0.25) is 14.3 Å². The van der Waals surface area contributed by atoms with E-state index in [0.717, 1.165) is 23.4 Å². The maximum absolute atomic E-state index is 14.6. The van der Waals surface area contributed by atoms with Crippen molar-refractivity contribution in [2.24, 2.45) is 0 Å². The normalized spacial score (nSPS) is 11.5. The topological polar surface area (TPSA) is 115 Å². The average Bonchev–Trinajstić information content (AvgIpc) is 2.74. The Morgan fingerprint density at radius 2 is 1.61 bits per heavy atom. The number of sulfonamides is 1. The first-order valence-corrected chi connectivity index (χ1v) is 11.5. The molecule has 1 heterocycles. The molecule has 0 amide bonds. The van der Waals surface area contributed by atoms with E-state index >= 15 is 0 Å². The molecule has 4 aromatic rings. The van der Waals surface area contributed by atoms with Crippen LogP contribution in [0.4, 0.5) is 15.8 Å². The van der Waals surface area contributed by atoms with Crippen LogP contribution < -0.4 is 20.7 Å². The Hall–Kier alpha value is -3.63. The van der Waals surface area contributed by atoms with Gasteiger partial charge in [-0.2, -0.15) is 0 Å². The molecule has 0 unspecified atom stereocenters. The average molecular weight is 489 g/mol. The molecule has 4 rings (SSSR count). The quantitative estimate of drug-likeness (QED) is 0.372. The molecule has 0 atom stereocenters. The number of hydrogen-bond donors (Lipinski definition) is 3. The summed E-state index contributed by atoms with van der Waals surface area (Å²) in [7, 11) is -0.546. The Labute approximate surface area is 192 Å². The molecule has 0 aliphatic rings. The van der Waals surface area contributed by atoms with E-state index in [9.17, 15) is 22.4 Å². The van der Waals surface area contributed by atoms with Crippen molar-refractivity contribution in [3.8, 4) is 11.1 Å². The number of aromatic amines is 2. The van der Waals surface area contributed by atoms with Crippen LogP contribution >= 0.6 is 11.6 Å². The third kappa shape index (κ3) is 4.48. The summed E-state index contributed by atoms with van der Waals surface area (Å²) in [6, 6.07) is 14.0. The predicted molar refractivity (Wildman–Crippen MR) is 127 cm³/mol. The molecule has 170 valence electrons. The molecule has 0 aliphatic heterocycles. The monoisotopic (exact) mass is 488 g/mol. The number of halogens is 2. The summed E-state index contributed by atoms with van der Waals surface area (Å²) < 4.78 is 42.5. The van der Waals surface area contributed by atoms with E-state index in [1.807, 2.05) is 43.3 Å². The summed E-state index contributed by atoms with van der Waals surface area (Å²) in [5.41, 5.74) is 0.619. The van der Waals surface area contributed by atoms with Crippen molar-refractivity contribution in [3.63, 3.8) is 0 Å². The summed E-state index contributed by atoms with van der Waals surface area (Å²) in [6.45, 7) is 0. The van der Waals surface area contributed by atoms with Gasteiger partial charge in [0.2, 0.25) is 0 Å². The van der Waals surface area contributed by atoms with Crippen LogP contribution in [-0.2, 0) is 10.0 Å². The number of benzene rings is 3. The lowest BCUT2D eigenvalue weighted by atomic mass is 10.0. The first kappa shape index (κ1) is 22.6. The summed E-state index contributed by atoms with van der Waals surface area (Å²) in [6.07, 6.45) is 0. The number of rotatable bonds is 5. The Bertz CT molecular complexity index is 1610. The smallest absolute Gasteiger partial charge is 0.314 e. The van der Waals surface area contributed by atoms with Crippen molar-refractivity contribution < 1.29 is 12.8 Å². The predicted octanol–water partition coefficient (Wildman–Crippen LogP) is 3.54. The fourth-order valence-corrected chi connectivity index (χ4v) is 4.72. The van der Waals surface area contributed by atoms with E-state index in [-0.39, 0.29) is 16.7 Å². The Kier molecular flexibility index (Phi) is 5.73. The van der Waals surface area contributed by atoms with E-state index < -0.39 is 31.9 Å². The van der Waals surface area contributed by atoms with Crippen molar-refractivity contribution in [2.45, 2.75) is 4.90 Å². The third-order valence-corrected chi connectivity index (χ3v) is 6.67. The lowest BCUT2D eigenvalue weighted by Gasteiger charge is -2.15. The number of nitrogens with one attached hydrogen (secondary N) is 3. The van der Waals surface area contributed by atoms with Crippen LogP contribution in [0.15, 0.2) is 69.1 Å². The second-order valence-electron chi connectivity index (χ2n) is 7.48. The van der Waals surface area contributed by atoms with Crippen molar-refractivity contribution in [2.75, 3.05) is 23.7 Å². The SMILES string of the molecule is CN(C)c1cccc(-c2ccc(NS(=O)(=O)c3cc4[nH]c(=O)c(=O)[nH]c4cc3F)cc2Cl)c1. The molecule has 3 N–H and O–H groups in total. The van der Waals surface area contributed by atoms with Gasteiger partial charge in [-0.15, -0.1) is 0 Å². The minimum Gasteiger partial charge on any atom is -0.378 e. The van der Waals surface area contributed by atoms with E-state index in [1.165, 1.54) is 12.1 Å². The number of aromatic nitrogens is 2. The second kappa shape index (κ2) is 8.38. The molecule has 0 saturated heterocycles. The second-order valence-corrected chi connectivity index (χ2v) is 9.54. The van der Waals surface area contributed by atoms with Gasteiger partial charge in [0.15, 0.2) is 0 Å². The zero-order valence-electron chi connectivity index (χ0n) is 17.4. The molecule has 0 aliphatic carbocycles. The maximum atomic E-state index is 14.6. The molecule has 0 saturated carbocycles. The van der Waals surface area contributed by atoms with Crippen LogP contribution in [0.5, 0.6) is 0 Å². The summed E-state index contributed by atoms with van der Waals surface area (Å²) in [5.74, 6) is -1.10. The molecular weight excluding hydrogens is 471 g/mol. The minimum atomic E-state index is -4.38. The van der Waals surface area contributed by atoms with Crippen molar-refractivity contribution in [3.05, 3.63) is 86.1 Å². The van der Waals surface area contributed by atoms with Crippen LogP contribution in [0.1, 0.15) is 0 Å². The molecule has 0 radical (unpaired) electrons. The highest BCUT2D eigenvalue weighted by Gasteiger charge is 2.21. The number of fused-ring (bicyclic) bond motifs is 1. The summed E-state index contributed by atoms with van der Waals surface area (Å²) in [5, 5.41) is 0.298. The molecule has 0 spiro atoms. The van der Waals surface area contributed by atoms with Crippen LogP contribution in [0, 0.1) is 5.82 Å². The number of H-pyrrole nitrogens is 2. The van der Waals surface area contributed by atoms with E-state index in [1.54, 1.807) is 6.07 Å². The van der Waals surface area contributed by atoms with Gasteiger partial charge < -0.3 is 14.9 Å². The number of anilines is 2. The standard InChI is InChI=1S/C22H18ClFN4O4S/c1-28(2)14-5-3-4-12(8-14)15-7-6-13(9-16(15)23)27-33(31,32)20-11-19-18(10-17(20)24)25-21(29)22(30)26-19/h3-11,27H,1-2H3,(H,25,29)(H,26,30). The summed E-state index contributed by atoms with van der Waals surface area (Å²) >= 11 is 6.42. The van der Waals surface area contributed by atoms with Gasteiger partial charge in [-0.05, 0) is 35.9 Å². The van der Waals surface area contributed by atoms with Gasteiger partial charge in [-0.25, -0.2) is 12.8 Å². The molecule has 0 bridgehead atoms. The van der Waals surface area contributed by atoms with Gasteiger partial charge in [0.05, 0.1) is 21.7 Å². The fourth-order valence-electron chi connectivity index (χ4n) is 3.30. The molecule has 8 nitrogen and oxygen atoms in total. The minimum absolute atomic E-state index is 0.0319. The molecule has 0 fully saturated rings. The van der Waals surface area contributed by atoms with Gasteiger partial charge in [0.25, 0.3) is 10.0 Å². The highest BCUT2D eigenvalue weighted by atomic mass is 35.5. The zero-order chi connectivity index (χ0) is 23.9. The summed E-state index contributed by atoms with van der Waals surface area (Å²) in [4.78, 5) is 28.6. The molecule has 3 aromatic carbocycles. The highest BCUT2D eigenvalue weighted by molar-refractivity contribution is 7.92. The number of nitrogens with zero attached hydrogens (tertiary/aromatic N) is 1. The Morgan fingerprint density at radius 3 is 2.24 bits per heavy atom. The lowest BCUT2D eigenvalue weighted by Crippen LogP contribution is -2.29. The molecule has 33 heavy (non-hydrogen) atoms. The third-order valence-electron chi connectivity index (χ3n) is 4.96. The first-order chi connectivity index (χ1) is 15.5. The zero-order valence-corrected chi connectivity index (χ0v) is 19.0. The Morgan fingerprint density at radius 1 is 0.939 bits per heavy atom. The number of hydrogen-bond acceptors (Lipinski definition) is 5. The van der Waals surface area contributed by atoms with Crippen LogP contribution in [0.2, 0.25) is 5.02 Å². The molecular formula is C22H18ClFN4O4S. The highest BCUT2D eigenvalue weighted by Crippen LogP contribution is 2.33. The molecule has 1 aromatic heterocycles.